The summed E-state index contributed by atoms with van der Waals surface area (Å²) in [5, 5.41) is 25.5. The lowest BCUT2D eigenvalue weighted by Crippen LogP contribution is -2.53. The first kappa shape index (κ1) is 39.1. The molecule has 0 aromatic heterocycles. The van der Waals surface area contributed by atoms with E-state index in [1.807, 2.05) is 13.8 Å². The molecule has 13 heteroatoms. The quantitative estimate of drug-likeness (QED) is 0.147. The first-order valence-electron chi connectivity index (χ1n) is 16.5. The average Bonchev–Trinajstić information content (AvgIpc) is 3.07. The van der Waals surface area contributed by atoms with Crippen LogP contribution in [0.15, 0.2) is 72.8 Å². The lowest BCUT2D eigenvalue weighted by molar-refractivity contribution is 0.0634. The first-order chi connectivity index (χ1) is 23.3. The molecule has 3 aromatic rings. The van der Waals surface area contributed by atoms with Crippen LogP contribution in [-0.4, -0.2) is 104 Å². The number of carbonyl (C=O) groups excluding carboxylic acids is 3. The van der Waals surface area contributed by atoms with Gasteiger partial charge in [0.2, 0.25) is 10.0 Å². The largest absolute Gasteiger partial charge is 0.508 e. The van der Waals surface area contributed by atoms with Crippen molar-refractivity contribution >= 4 is 27.7 Å². The summed E-state index contributed by atoms with van der Waals surface area (Å²) < 4.78 is 25.9. The molecular weight excluding hydrogens is 646 g/mol. The van der Waals surface area contributed by atoms with E-state index in [0.29, 0.717) is 24.2 Å². The smallest absolute Gasteiger partial charge is 0.253 e. The van der Waals surface area contributed by atoms with Crippen molar-refractivity contribution in [2.24, 2.45) is 0 Å². The fourth-order valence-corrected chi connectivity index (χ4v) is 6.62. The molecule has 3 amide bonds. The van der Waals surface area contributed by atoms with Crippen molar-refractivity contribution in [3.8, 4) is 5.75 Å². The molecule has 3 rings (SSSR count). The van der Waals surface area contributed by atoms with Crippen LogP contribution in [0.4, 0.5) is 0 Å². The number of phenolic OH excluding ortho intramolecular Hbond substituents is 1. The van der Waals surface area contributed by atoms with Crippen LogP contribution in [0.25, 0.3) is 0 Å². The summed E-state index contributed by atoms with van der Waals surface area (Å²) >= 11 is 0. The van der Waals surface area contributed by atoms with E-state index in [1.54, 1.807) is 68.4 Å². The topological polar surface area (TPSA) is 160 Å². The summed E-state index contributed by atoms with van der Waals surface area (Å²) in [6.07, 6.45) is 0.339. The lowest BCUT2D eigenvalue weighted by Gasteiger charge is -2.30. The Morgan fingerprint density at radius 3 is 1.92 bits per heavy atom. The van der Waals surface area contributed by atoms with Crippen molar-refractivity contribution in [1.82, 2.24) is 25.0 Å². The van der Waals surface area contributed by atoms with Gasteiger partial charge in [0.05, 0.1) is 17.9 Å². The molecule has 0 saturated carbocycles. The van der Waals surface area contributed by atoms with Gasteiger partial charge in [-0.15, -0.1) is 4.83 Å². The number of phenols is 1. The van der Waals surface area contributed by atoms with Crippen LogP contribution in [0.2, 0.25) is 0 Å². The zero-order chi connectivity index (χ0) is 36.1. The number of nitrogens with one attached hydrogen (secondary N) is 2. The second-order valence-electron chi connectivity index (χ2n) is 12.2. The number of aromatic hydroxyl groups is 1. The highest BCUT2D eigenvalue weighted by Crippen LogP contribution is 2.18. The Bertz CT molecular complexity index is 1640. The molecule has 0 aliphatic carbocycles. The van der Waals surface area contributed by atoms with Gasteiger partial charge in [0.1, 0.15) is 5.75 Å². The summed E-state index contributed by atoms with van der Waals surface area (Å²) in [6.45, 7) is 6.75. The molecule has 0 fully saturated rings. The van der Waals surface area contributed by atoms with Crippen molar-refractivity contribution in [2.45, 2.75) is 57.9 Å². The molecule has 49 heavy (non-hydrogen) atoms. The van der Waals surface area contributed by atoms with E-state index >= 15 is 0 Å². The van der Waals surface area contributed by atoms with Gasteiger partial charge >= 0.3 is 0 Å². The zero-order valence-electron chi connectivity index (χ0n) is 28.9. The minimum Gasteiger partial charge on any atom is -0.508 e. The van der Waals surface area contributed by atoms with E-state index in [4.69, 9.17) is 0 Å². The Balaban J connectivity index is 1.93. The van der Waals surface area contributed by atoms with Gasteiger partial charge in [-0.3, -0.25) is 14.4 Å². The van der Waals surface area contributed by atoms with Crippen molar-refractivity contribution in [3.63, 3.8) is 0 Å². The van der Waals surface area contributed by atoms with E-state index in [9.17, 15) is 33.0 Å². The van der Waals surface area contributed by atoms with Crippen molar-refractivity contribution in [3.05, 3.63) is 101 Å². The van der Waals surface area contributed by atoms with Crippen LogP contribution in [0.5, 0.6) is 5.75 Å². The fourth-order valence-electron chi connectivity index (χ4n) is 5.33. The van der Waals surface area contributed by atoms with Crippen LogP contribution in [-0.2, 0) is 22.2 Å². The molecule has 3 aromatic carbocycles. The van der Waals surface area contributed by atoms with Gasteiger partial charge in [-0.25, -0.2) is 13.4 Å². The monoisotopic (exact) mass is 695 g/mol. The molecule has 0 aliphatic heterocycles. The van der Waals surface area contributed by atoms with E-state index in [1.165, 1.54) is 40.2 Å². The number of benzene rings is 3. The molecule has 2 unspecified atom stereocenters. The van der Waals surface area contributed by atoms with Gasteiger partial charge in [0, 0.05) is 57.0 Å². The maximum absolute atomic E-state index is 13.9. The summed E-state index contributed by atoms with van der Waals surface area (Å²) in [6, 6.07) is 18.4. The number of aliphatic hydroxyl groups is 1. The van der Waals surface area contributed by atoms with E-state index in [0.717, 1.165) is 12.8 Å². The number of aliphatic hydroxyl groups excluding tert-OH is 1. The third kappa shape index (κ3) is 12.0. The average molecular weight is 696 g/mol. The minimum atomic E-state index is -3.82. The standard InChI is InChI=1S/C36H49N5O7S/c1-6-18-40(19-7-2)36(46)30-22-28(21-29(23-30)35(45)39(4)5)34(44)37-32(20-26-14-16-31(42)17-15-26)33(43)24-41(8-3)38-49(47,48)25-27-12-10-9-11-13-27/h9-17,21-23,32-33,38,42-43H,6-8,18-20,24-25H2,1-5H3,(H,37,44). The third-order valence-electron chi connectivity index (χ3n) is 7.80. The number of hydrazine groups is 1. The molecule has 2 atom stereocenters. The summed E-state index contributed by atoms with van der Waals surface area (Å²) in [7, 11) is -0.662. The Morgan fingerprint density at radius 1 is 0.796 bits per heavy atom. The normalized spacial score (nSPS) is 12.7. The fraction of sp³-hybridized carbons (Fsp3) is 0.417. The van der Waals surface area contributed by atoms with Crippen LogP contribution >= 0.6 is 0 Å². The molecule has 4 N–H and O–H groups in total. The predicted octanol–water partition coefficient (Wildman–Crippen LogP) is 3.41. The third-order valence-corrected chi connectivity index (χ3v) is 9.05. The number of rotatable bonds is 18. The molecule has 0 saturated heterocycles. The van der Waals surface area contributed by atoms with Gasteiger partial charge in [-0.2, -0.15) is 0 Å². The maximum atomic E-state index is 13.9. The number of nitrogens with zero attached hydrogens (tertiary/aromatic N) is 3. The molecule has 0 aliphatic rings. The van der Waals surface area contributed by atoms with E-state index in [2.05, 4.69) is 10.1 Å². The highest BCUT2D eigenvalue weighted by atomic mass is 32.2. The Labute approximate surface area is 289 Å². The molecule has 0 spiro atoms. The molecular formula is C36H49N5O7S. The number of hydrogen-bond donors (Lipinski definition) is 4. The number of amides is 3. The lowest BCUT2D eigenvalue weighted by atomic mass is 9.99. The number of sulfonamides is 1. The molecule has 0 heterocycles. The zero-order valence-corrected chi connectivity index (χ0v) is 29.7. The van der Waals surface area contributed by atoms with Gasteiger partial charge < -0.3 is 25.3 Å². The highest BCUT2D eigenvalue weighted by Gasteiger charge is 2.28. The summed E-state index contributed by atoms with van der Waals surface area (Å²) in [5.41, 5.74) is 1.71. The highest BCUT2D eigenvalue weighted by molar-refractivity contribution is 7.88. The van der Waals surface area contributed by atoms with Crippen molar-refractivity contribution in [2.75, 3.05) is 40.3 Å². The first-order valence-corrected chi connectivity index (χ1v) is 18.1. The minimum absolute atomic E-state index is 0.0506. The second-order valence-corrected chi connectivity index (χ2v) is 13.9. The Morgan fingerprint density at radius 2 is 1.37 bits per heavy atom. The van der Waals surface area contributed by atoms with Crippen molar-refractivity contribution < 1.29 is 33.0 Å². The number of hydrogen-bond acceptors (Lipinski definition) is 8. The SMILES string of the molecule is CCCN(CCC)C(=O)c1cc(C(=O)NC(Cc2ccc(O)cc2)C(O)CN(CC)NS(=O)(=O)Cc2ccccc2)cc(C(=O)N(C)C)c1. The Hall–Kier alpha value is -4.30. The van der Waals surface area contributed by atoms with Crippen LogP contribution in [0.3, 0.4) is 0 Å². The van der Waals surface area contributed by atoms with Crippen LogP contribution in [0.1, 0.15) is 75.8 Å². The van der Waals surface area contributed by atoms with Gasteiger partial charge in [0.25, 0.3) is 17.7 Å². The second kappa shape index (κ2) is 18.5. The van der Waals surface area contributed by atoms with Crippen molar-refractivity contribution in [1.29, 1.82) is 0 Å². The summed E-state index contributed by atoms with van der Waals surface area (Å²) in [4.78, 5) is 46.1. The molecule has 12 nitrogen and oxygen atoms in total. The van der Waals surface area contributed by atoms with Crippen LogP contribution in [0, 0.1) is 0 Å². The summed E-state index contributed by atoms with van der Waals surface area (Å²) in [5.74, 6) is -1.52. The van der Waals surface area contributed by atoms with E-state index < -0.39 is 28.1 Å². The number of carbonyl (C=O) groups is 3. The van der Waals surface area contributed by atoms with Gasteiger partial charge in [-0.05, 0) is 60.7 Å². The Kier molecular flexibility index (Phi) is 14.7. The van der Waals surface area contributed by atoms with Gasteiger partial charge in [0.15, 0.2) is 0 Å². The molecule has 0 radical (unpaired) electrons. The number of likely N-dealkylation sites (N-methyl/N-ethyl adjacent to an activating group) is 1. The van der Waals surface area contributed by atoms with E-state index in [-0.39, 0.29) is 59.5 Å². The molecule has 0 bridgehead atoms. The predicted molar refractivity (Wildman–Crippen MR) is 189 cm³/mol. The molecule has 266 valence electrons. The van der Waals surface area contributed by atoms with Gasteiger partial charge in [-0.1, -0.05) is 63.2 Å². The van der Waals surface area contributed by atoms with Crippen LogP contribution < -0.4 is 10.1 Å². The maximum Gasteiger partial charge on any atom is 0.253 e.